The van der Waals surface area contributed by atoms with Crippen molar-refractivity contribution in [1.82, 2.24) is 10.2 Å². The van der Waals surface area contributed by atoms with Gasteiger partial charge >= 0.3 is 0 Å². The van der Waals surface area contributed by atoms with E-state index in [1.54, 1.807) is 6.92 Å². The summed E-state index contributed by atoms with van der Waals surface area (Å²) in [6, 6.07) is 1.13. The third-order valence-electron chi connectivity index (χ3n) is 5.88. The number of carbonyl (C=O) groups excluding carboxylic acids is 1. The topological polar surface area (TPSA) is 118 Å². The van der Waals surface area contributed by atoms with Crippen molar-refractivity contribution in [3.05, 3.63) is 0 Å². The van der Waals surface area contributed by atoms with Gasteiger partial charge in [-0.05, 0) is 38.5 Å². The highest BCUT2D eigenvalue weighted by molar-refractivity contribution is 6.09. The van der Waals surface area contributed by atoms with Crippen LogP contribution in [0.3, 0.4) is 0 Å². The van der Waals surface area contributed by atoms with Crippen LogP contribution in [-0.2, 0) is 4.79 Å². The normalized spacial score (nSPS) is 25.9. The van der Waals surface area contributed by atoms with E-state index < -0.39 is 5.92 Å². The highest BCUT2D eigenvalue weighted by Crippen LogP contribution is 2.25. The molecule has 0 aromatic carbocycles. The molecule has 0 spiro atoms. The van der Waals surface area contributed by atoms with Crippen molar-refractivity contribution in [2.45, 2.75) is 77.8 Å². The SMILES string of the molecule is CC(=N)CC(C(=N)N1CCC(NC2CCCCC2C)CC1)C(N)=NC(C)=O. The lowest BCUT2D eigenvalue weighted by molar-refractivity contribution is -0.115. The Balaban J connectivity index is 1.93. The monoisotopic (exact) mass is 376 g/mol. The largest absolute Gasteiger partial charge is 0.386 e. The highest BCUT2D eigenvalue weighted by atomic mass is 16.1. The summed E-state index contributed by atoms with van der Waals surface area (Å²) in [6.45, 7) is 7.01. The molecule has 2 rings (SSSR count). The molecule has 0 bridgehead atoms. The quantitative estimate of drug-likeness (QED) is 0.421. The molecule has 27 heavy (non-hydrogen) atoms. The minimum atomic E-state index is -0.491. The second kappa shape index (κ2) is 9.97. The molecule has 1 heterocycles. The van der Waals surface area contributed by atoms with Crippen LogP contribution in [0.15, 0.2) is 4.99 Å². The van der Waals surface area contributed by atoms with E-state index in [2.05, 4.69) is 17.2 Å². The second-order valence-electron chi connectivity index (χ2n) is 8.27. The van der Waals surface area contributed by atoms with E-state index in [9.17, 15) is 4.79 Å². The summed E-state index contributed by atoms with van der Waals surface area (Å²) < 4.78 is 0. The maximum atomic E-state index is 11.3. The number of amidine groups is 2. The number of amides is 1. The van der Waals surface area contributed by atoms with Gasteiger partial charge in [-0.1, -0.05) is 19.8 Å². The Bertz CT molecular complexity index is 579. The Labute approximate surface area is 163 Å². The number of carbonyl (C=O) groups is 1. The van der Waals surface area contributed by atoms with Crippen molar-refractivity contribution in [3.8, 4) is 0 Å². The standard InChI is InChI=1S/C20H36N6O/c1-13-6-4-5-7-18(13)25-16-8-10-26(11-9-16)20(23)17(12-14(2)21)19(22)24-15(3)27/h13,16-18,21,23,25H,4-12H2,1-3H3,(H2,22,24,27). The van der Waals surface area contributed by atoms with Crippen molar-refractivity contribution >= 4 is 23.3 Å². The lowest BCUT2D eigenvalue weighted by atomic mass is 9.85. The van der Waals surface area contributed by atoms with Crippen LogP contribution in [0.5, 0.6) is 0 Å². The fraction of sp³-hybridized carbons (Fsp3) is 0.800. The first-order chi connectivity index (χ1) is 12.8. The van der Waals surface area contributed by atoms with Crippen LogP contribution >= 0.6 is 0 Å². The van der Waals surface area contributed by atoms with Gasteiger partial charge in [0.1, 0.15) is 11.7 Å². The Morgan fingerprint density at radius 2 is 1.81 bits per heavy atom. The van der Waals surface area contributed by atoms with E-state index in [4.69, 9.17) is 16.6 Å². The summed E-state index contributed by atoms with van der Waals surface area (Å²) in [4.78, 5) is 17.2. The van der Waals surface area contributed by atoms with Crippen molar-refractivity contribution in [2.75, 3.05) is 13.1 Å². The number of hydrogen-bond acceptors (Lipinski definition) is 4. The molecule has 1 aliphatic carbocycles. The molecule has 3 atom stereocenters. The Morgan fingerprint density at radius 1 is 1.19 bits per heavy atom. The lowest BCUT2D eigenvalue weighted by Crippen LogP contribution is -2.51. The molecule has 0 aromatic heterocycles. The maximum Gasteiger partial charge on any atom is 0.244 e. The summed E-state index contributed by atoms with van der Waals surface area (Å²) in [6.07, 6.45) is 7.62. The third-order valence-corrected chi connectivity index (χ3v) is 5.88. The Kier molecular flexibility index (Phi) is 7.95. The van der Waals surface area contributed by atoms with Gasteiger partial charge in [0.05, 0.1) is 5.92 Å². The van der Waals surface area contributed by atoms with Crippen LogP contribution in [-0.4, -0.2) is 53.4 Å². The lowest BCUT2D eigenvalue weighted by Gasteiger charge is -2.39. The minimum absolute atomic E-state index is 0.148. The van der Waals surface area contributed by atoms with Gasteiger partial charge in [-0.15, -0.1) is 0 Å². The number of hydrogen-bond donors (Lipinski definition) is 4. The zero-order valence-electron chi connectivity index (χ0n) is 17.1. The molecule has 3 unspecified atom stereocenters. The minimum Gasteiger partial charge on any atom is -0.386 e. The van der Waals surface area contributed by atoms with Crippen LogP contribution in [0, 0.1) is 22.7 Å². The number of rotatable bonds is 6. The summed E-state index contributed by atoms with van der Waals surface area (Å²) in [7, 11) is 0. The number of nitrogens with one attached hydrogen (secondary N) is 3. The first-order valence-corrected chi connectivity index (χ1v) is 10.3. The number of nitrogens with two attached hydrogens (primary N) is 1. The van der Waals surface area contributed by atoms with E-state index in [-0.39, 0.29) is 11.7 Å². The van der Waals surface area contributed by atoms with Gasteiger partial charge in [0.25, 0.3) is 0 Å². The molecule has 7 heteroatoms. The van der Waals surface area contributed by atoms with Crippen LogP contribution in [0.1, 0.15) is 65.7 Å². The highest BCUT2D eigenvalue weighted by Gasteiger charge is 2.30. The van der Waals surface area contributed by atoms with Gasteiger partial charge in [0.2, 0.25) is 5.91 Å². The zero-order chi connectivity index (χ0) is 20.0. The van der Waals surface area contributed by atoms with E-state index in [1.165, 1.54) is 32.6 Å². The molecular weight excluding hydrogens is 340 g/mol. The molecule has 0 radical (unpaired) electrons. The van der Waals surface area contributed by atoms with E-state index in [1.807, 2.05) is 4.90 Å². The predicted octanol–water partition coefficient (Wildman–Crippen LogP) is 2.55. The first-order valence-electron chi connectivity index (χ1n) is 10.3. The first kappa shape index (κ1) is 21.5. The van der Waals surface area contributed by atoms with Gasteiger partial charge in [0, 0.05) is 44.2 Å². The maximum absolute atomic E-state index is 11.3. The molecule has 0 aromatic rings. The van der Waals surface area contributed by atoms with Crippen molar-refractivity contribution in [1.29, 1.82) is 10.8 Å². The van der Waals surface area contributed by atoms with E-state index in [0.29, 0.717) is 30.1 Å². The van der Waals surface area contributed by atoms with Crippen molar-refractivity contribution < 1.29 is 4.79 Å². The molecule has 1 amide bonds. The Morgan fingerprint density at radius 3 is 2.37 bits per heavy atom. The van der Waals surface area contributed by atoms with Crippen LogP contribution in [0.25, 0.3) is 0 Å². The van der Waals surface area contributed by atoms with Crippen LogP contribution < -0.4 is 11.1 Å². The molecule has 2 fully saturated rings. The van der Waals surface area contributed by atoms with Crippen LogP contribution in [0.2, 0.25) is 0 Å². The number of likely N-dealkylation sites (tertiary alicyclic amines) is 1. The smallest absolute Gasteiger partial charge is 0.244 e. The Hall–Kier alpha value is -1.76. The van der Waals surface area contributed by atoms with Gasteiger partial charge in [-0.2, -0.15) is 0 Å². The fourth-order valence-corrected chi connectivity index (χ4v) is 4.28. The van der Waals surface area contributed by atoms with Crippen molar-refractivity contribution in [2.24, 2.45) is 22.6 Å². The van der Waals surface area contributed by atoms with Crippen LogP contribution in [0.4, 0.5) is 0 Å². The fourth-order valence-electron chi connectivity index (χ4n) is 4.28. The van der Waals surface area contributed by atoms with Gasteiger partial charge in [-0.25, -0.2) is 4.99 Å². The third kappa shape index (κ3) is 6.41. The average molecular weight is 377 g/mol. The molecule has 5 N–H and O–H groups in total. The summed E-state index contributed by atoms with van der Waals surface area (Å²) in [5, 5.41) is 20.2. The summed E-state index contributed by atoms with van der Waals surface area (Å²) in [5.41, 5.74) is 6.43. The summed E-state index contributed by atoms with van der Waals surface area (Å²) >= 11 is 0. The molecule has 1 aliphatic heterocycles. The molecule has 7 nitrogen and oxygen atoms in total. The van der Waals surface area contributed by atoms with Gasteiger partial charge in [0.15, 0.2) is 0 Å². The number of nitrogens with zero attached hydrogens (tertiary/aromatic N) is 2. The molecule has 1 saturated heterocycles. The molecular formula is C20H36N6O. The molecule has 2 aliphatic rings. The zero-order valence-corrected chi connectivity index (χ0v) is 17.1. The molecule has 152 valence electrons. The van der Waals surface area contributed by atoms with Gasteiger partial charge in [-0.3, -0.25) is 10.2 Å². The van der Waals surface area contributed by atoms with Crippen molar-refractivity contribution in [3.63, 3.8) is 0 Å². The van der Waals surface area contributed by atoms with E-state index in [0.717, 1.165) is 31.8 Å². The summed E-state index contributed by atoms with van der Waals surface area (Å²) in [5.74, 6) is 0.424. The average Bonchev–Trinajstić information content (AvgIpc) is 2.61. The van der Waals surface area contributed by atoms with Gasteiger partial charge < -0.3 is 21.4 Å². The number of aliphatic imine (C=N–C) groups is 1. The predicted molar refractivity (Wildman–Crippen MR) is 111 cm³/mol. The number of piperidine rings is 1. The molecule has 1 saturated carbocycles. The second-order valence-corrected chi connectivity index (χ2v) is 8.27. The van der Waals surface area contributed by atoms with E-state index >= 15 is 0 Å².